The van der Waals surface area contributed by atoms with Crippen LogP contribution < -0.4 is 15.1 Å². The van der Waals surface area contributed by atoms with E-state index in [-0.39, 0.29) is 0 Å². The van der Waals surface area contributed by atoms with Crippen LogP contribution in [0.3, 0.4) is 0 Å². The van der Waals surface area contributed by atoms with Crippen LogP contribution in [-0.4, -0.2) is 24.9 Å². The van der Waals surface area contributed by atoms with Gasteiger partial charge in [-0.25, -0.2) is 4.79 Å². The summed E-state index contributed by atoms with van der Waals surface area (Å²) < 4.78 is 15.9. The van der Waals surface area contributed by atoms with Crippen molar-refractivity contribution in [2.45, 2.75) is 19.4 Å². The smallest absolute Gasteiger partial charge is 0.336 e. The molecule has 0 spiro atoms. The average molecular weight is 290 g/mol. The molecule has 0 saturated heterocycles. The zero-order valence-corrected chi connectivity index (χ0v) is 12.5. The first-order valence-corrected chi connectivity index (χ1v) is 6.46. The number of aliphatic hydroxyl groups is 1. The highest BCUT2D eigenvalue weighted by molar-refractivity contribution is 5.90. The molecule has 0 bridgehead atoms. The predicted molar refractivity (Wildman–Crippen MR) is 80.9 cm³/mol. The SMILES string of the molecule is COc1cc2ccc(=O)oc2c(/C=C/C(C)(C)O)c1OC. The molecule has 1 aromatic heterocycles. The molecule has 0 atom stereocenters. The van der Waals surface area contributed by atoms with E-state index in [1.807, 2.05) is 0 Å². The minimum atomic E-state index is -1.00. The maximum Gasteiger partial charge on any atom is 0.336 e. The third kappa shape index (κ3) is 3.25. The van der Waals surface area contributed by atoms with Gasteiger partial charge in [-0.1, -0.05) is 6.08 Å². The van der Waals surface area contributed by atoms with Gasteiger partial charge in [-0.05, 0) is 32.1 Å². The second-order valence-corrected chi connectivity index (χ2v) is 5.19. The monoisotopic (exact) mass is 290 g/mol. The molecule has 1 aromatic carbocycles. The lowest BCUT2D eigenvalue weighted by molar-refractivity contribution is 0.134. The van der Waals surface area contributed by atoms with E-state index < -0.39 is 11.2 Å². The van der Waals surface area contributed by atoms with Crippen molar-refractivity contribution in [3.8, 4) is 11.5 Å². The number of fused-ring (bicyclic) bond motifs is 1. The molecule has 0 amide bonds. The molecular formula is C16H18O5. The first-order chi connectivity index (χ1) is 9.85. The molecule has 5 nitrogen and oxygen atoms in total. The van der Waals surface area contributed by atoms with Crippen LogP contribution in [0.4, 0.5) is 0 Å². The second-order valence-electron chi connectivity index (χ2n) is 5.19. The zero-order chi connectivity index (χ0) is 15.6. The Morgan fingerprint density at radius 2 is 1.95 bits per heavy atom. The van der Waals surface area contributed by atoms with Gasteiger partial charge in [0.05, 0.1) is 25.4 Å². The second kappa shape index (κ2) is 5.61. The fraction of sp³-hybridized carbons (Fsp3) is 0.312. The van der Waals surface area contributed by atoms with E-state index >= 15 is 0 Å². The quantitative estimate of drug-likeness (QED) is 0.876. The number of rotatable bonds is 4. The molecule has 0 aliphatic rings. The Morgan fingerprint density at radius 3 is 2.52 bits per heavy atom. The minimum absolute atomic E-state index is 0.389. The Labute approximate surface area is 122 Å². The van der Waals surface area contributed by atoms with Crippen LogP contribution in [0, 0.1) is 0 Å². The van der Waals surface area contributed by atoms with Crippen LogP contribution in [0.5, 0.6) is 11.5 Å². The molecule has 0 unspecified atom stereocenters. The van der Waals surface area contributed by atoms with Crippen molar-refractivity contribution in [2.24, 2.45) is 0 Å². The van der Waals surface area contributed by atoms with E-state index in [0.29, 0.717) is 28.0 Å². The van der Waals surface area contributed by atoms with Crippen molar-refractivity contribution in [1.29, 1.82) is 0 Å². The van der Waals surface area contributed by atoms with Gasteiger partial charge in [0.2, 0.25) is 0 Å². The number of hydrogen-bond acceptors (Lipinski definition) is 5. The summed E-state index contributed by atoms with van der Waals surface area (Å²) in [5.74, 6) is 0.967. The van der Waals surface area contributed by atoms with Crippen molar-refractivity contribution in [3.63, 3.8) is 0 Å². The molecule has 1 N–H and O–H groups in total. The molecule has 2 rings (SSSR count). The topological polar surface area (TPSA) is 68.9 Å². The molecule has 5 heteroatoms. The number of methoxy groups -OCH3 is 2. The lowest BCUT2D eigenvalue weighted by Gasteiger charge is -2.14. The van der Waals surface area contributed by atoms with Gasteiger partial charge in [-0.15, -0.1) is 0 Å². The van der Waals surface area contributed by atoms with Crippen LogP contribution >= 0.6 is 0 Å². The van der Waals surface area contributed by atoms with Crippen molar-refractivity contribution < 1.29 is 19.0 Å². The highest BCUT2D eigenvalue weighted by atomic mass is 16.5. The van der Waals surface area contributed by atoms with Crippen molar-refractivity contribution in [1.82, 2.24) is 0 Å². The summed E-state index contributed by atoms with van der Waals surface area (Å²) in [5, 5.41) is 10.6. The fourth-order valence-electron chi connectivity index (χ4n) is 1.99. The molecule has 0 saturated carbocycles. The lowest BCUT2D eigenvalue weighted by Crippen LogP contribution is -2.13. The number of ether oxygens (including phenoxy) is 2. The fourth-order valence-corrected chi connectivity index (χ4v) is 1.99. The minimum Gasteiger partial charge on any atom is -0.493 e. The Morgan fingerprint density at radius 1 is 1.24 bits per heavy atom. The normalized spacial score (nSPS) is 12.0. The summed E-state index contributed by atoms with van der Waals surface area (Å²) in [6, 6.07) is 4.74. The maximum atomic E-state index is 11.5. The molecular weight excluding hydrogens is 272 g/mol. The molecule has 112 valence electrons. The summed E-state index contributed by atoms with van der Waals surface area (Å²) in [5.41, 5.74) is -0.518. The van der Waals surface area contributed by atoms with Crippen LogP contribution in [0.1, 0.15) is 19.4 Å². The maximum absolute atomic E-state index is 11.5. The average Bonchev–Trinajstić information content (AvgIpc) is 2.42. The van der Waals surface area contributed by atoms with Crippen molar-refractivity contribution in [3.05, 3.63) is 40.3 Å². The van der Waals surface area contributed by atoms with Gasteiger partial charge in [0.25, 0.3) is 0 Å². The van der Waals surface area contributed by atoms with Gasteiger partial charge in [-0.2, -0.15) is 0 Å². The Bertz CT molecular complexity index is 735. The molecule has 0 aliphatic carbocycles. The Balaban J connectivity index is 2.81. The lowest BCUT2D eigenvalue weighted by atomic mass is 10.0. The Kier molecular flexibility index (Phi) is 4.04. The van der Waals surface area contributed by atoms with Crippen LogP contribution in [0.2, 0.25) is 0 Å². The van der Waals surface area contributed by atoms with Gasteiger partial charge < -0.3 is 19.0 Å². The zero-order valence-electron chi connectivity index (χ0n) is 12.5. The van der Waals surface area contributed by atoms with Gasteiger partial charge in [0, 0.05) is 11.5 Å². The highest BCUT2D eigenvalue weighted by Gasteiger charge is 2.16. The number of hydrogen-bond donors (Lipinski definition) is 1. The summed E-state index contributed by atoms with van der Waals surface area (Å²) in [7, 11) is 3.04. The molecule has 0 aliphatic heterocycles. The third-order valence-electron chi connectivity index (χ3n) is 2.95. The largest absolute Gasteiger partial charge is 0.493 e. The van der Waals surface area contributed by atoms with E-state index in [2.05, 4.69) is 0 Å². The molecule has 0 fully saturated rings. The van der Waals surface area contributed by atoms with E-state index in [0.717, 1.165) is 0 Å². The van der Waals surface area contributed by atoms with Gasteiger partial charge in [-0.3, -0.25) is 0 Å². The van der Waals surface area contributed by atoms with Crippen LogP contribution in [0.25, 0.3) is 17.0 Å². The van der Waals surface area contributed by atoms with Crippen molar-refractivity contribution in [2.75, 3.05) is 14.2 Å². The molecule has 21 heavy (non-hydrogen) atoms. The summed E-state index contributed by atoms with van der Waals surface area (Å²) >= 11 is 0. The van der Waals surface area contributed by atoms with E-state index in [1.165, 1.54) is 20.3 Å². The number of benzene rings is 1. The highest BCUT2D eigenvalue weighted by Crippen LogP contribution is 2.38. The van der Waals surface area contributed by atoms with Crippen molar-refractivity contribution >= 4 is 17.0 Å². The van der Waals surface area contributed by atoms with Crippen LogP contribution in [-0.2, 0) is 0 Å². The van der Waals surface area contributed by atoms with Gasteiger partial charge in [0.15, 0.2) is 11.5 Å². The standard InChI is InChI=1S/C16H18O5/c1-16(2,18)8-7-11-14-10(5-6-13(17)21-14)9-12(19-3)15(11)20-4/h5-9,18H,1-4H3/b8-7+. The first kappa shape index (κ1) is 15.1. The predicted octanol–water partition coefficient (Wildman–Crippen LogP) is 2.59. The van der Waals surface area contributed by atoms with E-state index in [4.69, 9.17) is 13.9 Å². The van der Waals surface area contributed by atoms with E-state index in [9.17, 15) is 9.90 Å². The van der Waals surface area contributed by atoms with E-state index in [1.54, 1.807) is 38.1 Å². The van der Waals surface area contributed by atoms with Crippen LogP contribution in [0.15, 0.2) is 33.5 Å². The van der Waals surface area contributed by atoms with Gasteiger partial charge in [0.1, 0.15) is 5.58 Å². The third-order valence-corrected chi connectivity index (χ3v) is 2.95. The summed E-state index contributed by atoms with van der Waals surface area (Å²) in [4.78, 5) is 11.5. The van der Waals surface area contributed by atoms with Gasteiger partial charge >= 0.3 is 5.63 Å². The summed E-state index contributed by atoms with van der Waals surface area (Å²) in [6.07, 6.45) is 3.25. The summed E-state index contributed by atoms with van der Waals surface area (Å²) in [6.45, 7) is 3.29. The molecule has 2 aromatic rings. The Hall–Kier alpha value is -2.27. The molecule has 0 radical (unpaired) electrons. The first-order valence-electron chi connectivity index (χ1n) is 6.46. The molecule has 1 heterocycles.